The van der Waals surface area contributed by atoms with Crippen LogP contribution >= 0.6 is 0 Å². The van der Waals surface area contributed by atoms with Crippen molar-refractivity contribution < 1.29 is 22.9 Å². The molecule has 0 aliphatic heterocycles. The fraction of sp³-hybridized carbons (Fsp3) is 0.462. The normalized spacial score (nSPS) is 15.7. The van der Waals surface area contributed by atoms with Gasteiger partial charge in [0.2, 0.25) is 10.0 Å². The second-order valence-corrected chi connectivity index (χ2v) is 7.13. The van der Waals surface area contributed by atoms with E-state index in [-0.39, 0.29) is 17.2 Å². The summed E-state index contributed by atoms with van der Waals surface area (Å²) in [6, 6.07) is 3.27. The second-order valence-electron chi connectivity index (χ2n) is 5.45. The smallest absolute Gasteiger partial charge is 0.411 e. The Morgan fingerprint density at radius 2 is 2.09 bits per heavy atom. The van der Waals surface area contributed by atoms with Gasteiger partial charge in [0.25, 0.3) is 5.69 Å². The molecular formula is C13H17N3O6S. The molecular weight excluding hydrogens is 326 g/mol. The Labute approximate surface area is 133 Å². The standard InChI is InChI=1S/C13H17N3O6S/c1-3-22-12(17)14-10-5-4-9(8-11(10)16(18)19)23(20,21)15-13(2)6-7-13/h4-5,8,15H,3,6-7H2,1-2H3,(H,14,17). The van der Waals surface area contributed by atoms with Crippen molar-refractivity contribution in [2.24, 2.45) is 0 Å². The summed E-state index contributed by atoms with van der Waals surface area (Å²) in [4.78, 5) is 21.5. The highest BCUT2D eigenvalue weighted by Crippen LogP contribution is 2.36. The number of nitrogens with zero attached hydrogens (tertiary/aromatic N) is 1. The first-order chi connectivity index (χ1) is 10.7. The van der Waals surface area contributed by atoms with Crippen molar-refractivity contribution in [3.05, 3.63) is 28.3 Å². The number of nitro benzene ring substituents is 1. The van der Waals surface area contributed by atoms with Gasteiger partial charge in [0.1, 0.15) is 5.69 Å². The zero-order valence-electron chi connectivity index (χ0n) is 12.7. The van der Waals surface area contributed by atoms with Crippen LogP contribution in [0.5, 0.6) is 0 Å². The molecule has 1 aliphatic carbocycles. The number of anilines is 1. The number of benzene rings is 1. The summed E-state index contributed by atoms with van der Waals surface area (Å²) in [6.45, 7) is 3.46. The number of rotatable bonds is 6. The summed E-state index contributed by atoms with van der Waals surface area (Å²) < 4.78 is 31.7. The summed E-state index contributed by atoms with van der Waals surface area (Å²) in [6.07, 6.45) is 0.586. The van der Waals surface area contributed by atoms with Crippen molar-refractivity contribution in [2.45, 2.75) is 37.1 Å². The van der Waals surface area contributed by atoms with E-state index in [2.05, 4.69) is 14.8 Å². The Balaban J connectivity index is 2.32. The SMILES string of the molecule is CCOC(=O)Nc1ccc(S(=O)(=O)NC2(C)CC2)cc1[N+](=O)[O-]. The highest BCUT2D eigenvalue weighted by Gasteiger charge is 2.41. The molecule has 0 aromatic heterocycles. The highest BCUT2D eigenvalue weighted by atomic mass is 32.2. The first kappa shape index (κ1) is 17.2. The van der Waals surface area contributed by atoms with Crippen LogP contribution in [0.3, 0.4) is 0 Å². The van der Waals surface area contributed by atoms with Crippen LogP contribution in [-0.4, -0.2) is 31.6 Å². The molecule has 10 heteroatoms. The van der Waals surface area contributed by atoms with Crippen molar-refractivity contribution in [3.63, 3.8) is 0 Å². The summed E-state index contributed by atoms with van der Waals surface area (Å²) >= 11 is 0. The number of ether oxygens (including phenoxy) is 1. The molecule has 2 rings (SSSR count). The molecule has 9 nitrogen and oxygen atoms in total. The van der Waals surface area contributed by atoms with Crippen molar-refractivity contribution >= 4 is 27.5 Å². The lowest BCUT2D eigenvalue weighted by molar-refractivity contribution is -0.384. The van der Waals surface area contributed by atoms with Crippen LogP contribution in [-0.2, 0) is 14.8 Å². The molecule has 0 radical (unpaired) electrons. The van der Waals surface area contributed by atoms with Crippen LogP contribution in [0, 0.1) is 10.1 Å². The van der Waals surface area contributed by atoms with Gasteiger partial charge in [-0.2, -0.15) is 0 Å². The molecule has 0 bridgehead atoms. The third-order valence-corrected chi connectivity index (χ3v) is 5.01. The largest absolute Gasteiger partial charge is 0.450 e. The Morgan fingerprint density at radius 3 is 2.61 bits per heavy atom. The minimum atomic E-state index is -3.87. The molecule has 1 saturated carbocycles. The molecule has 2 N–H and O–H groups in total. The Hall–Kier alpha value is -2.20. The van der Waals surface area contributed by atoms with E-state index in [9.17, 15) is 23.3 Å². The van der Waals surface area contributed by atoms with Crippen molar-refractivity contribution in [3.8, 4) is 0 Å². The van der Waals surface area contributed by atoms with E-state index in [1.165, 1.54) is 12.1 Å². The lowest BCUT2D eigenvalue weighted by Crippen LogP contribution is -2.34. The molecule has 1 aromatic rings. The van der Waals surface area contributed by atoms with E-state index in [1.54, 1.807) is 13.8 Å². The molecule has 0 saturated heterocycles. The van der Waals surface area contributed by atoms with Gasteiger partial charge in [-0.1, -0.05) is 0 Å². The van der Waals surface area contributed by atoms with E-state index in [0.717, 1.165) is 18.9 Å². The van der Waals surface area contributed by atoms with Crippen LogP contribution in [0.15, 0.2) is 23.1 Å². The molecule has 1 aromatic carbocycles. The average molecular weight is 343 g/mol. The summed E-state index contributed by atoms with van der Waals surface area (Å²) in [5.41, 5.74) is -1.15. The average Bonchev–Trinajstić information content (AvgIpc) is 3.15. The van der Waals surface area contributed by atoms with Gasteiger partial charge in [0.15, 0.2) is 0 Å². The lowest BCUT2D eigenvalue weighted by Gasteiger charge is -2.13. The molecule has 1 amide bonds. The van der Waals surface area contributed by atoms with Crippen LogP contribution in [0.1, 0.15) is 26.7 Å². The summed E-state index contributed by atoms with van der Waals surface area (Å²) in [7, 11) is -3.87. The Morgan fingerprint density at radius 1 is 1.43 bits per heavy atom. The molecule has 126 valence electrons. The predicted octanol–water partition coefficient (Wildman–Crippen LogP) is 1.99. The Kier molecular flexibility index (Phi) is 4.57. The van der Waals surface area contributed by atoms with E-state index in [0.29, 0.717) is 0 Å². The summed E-state index contributed by atoms with van der Waals surface area (Å²) in [5, 5.41) is 13.4. The van der Waals surface area contributed by atoms with E-state index in [1.807, 2.05) is 0 Å². The van der Waals surface area contributed by atoms with Gasteiger partial charge in [-0.05, 0) is 38.8 Å². The van der Waals surface area contributed by atoms with Crippen LogP contribution in [0.2, 0.25) is 0 Å². The number of sulfonamides is 1. The number of nitro groups is 1. The molecule has 23 heavy (non-hydrogen) atoms. The van der Waals surface area contributed by atoms with Crippen molar-refractivity contribution in [1.29, 1.82) is 0 Å². The fourth-order valence-electron chi connectivity index (χ4n) is 1.89. The molecule has 0 heterocycles. The maximum Gasteiger partial charge on any atom is 0.411 e. The fourth-order valence-corrected chi connectivity index (χ4v) is 3.37. The first-order valence-corrected chi connectivity index (χ1v) is 8.41. The van der Waals surface area contributed by atoms with Crippen LogP contribution in [0.25, 0.3) is 0 Å². The number of amides is 1. The van der Waals surface area contributed by atoms with Gasteiger partial charge in [-0.15, -0.1) is 0 Å². The minimum absolute atomic E-state index is 0.106. The van der Waals surface area contributed by atoms with Crippen molar-refractivity contribution in [2.75, 3.05) is 11.9 Å². The maximum absolute atomic E-state index is 12.3. The number of carbonyl (C=O) groups excluding carboxylic acids is 1. The van der Waals surface area contributed by atoms with Gasteiger partial charge >= 0.3 is 6.09 Å². The van der Waals surface area contributed by atoms with E-state index >= 15 is 0 Å². The Bertz CT molecular complexity index is 742. The number of hydrogen-bond acceptors (Lipinski definition) is 6. The number of carbonyl (C=O) groups is 1. The zero-order valence-corrected chi connectivity index (χ0v) is 13.5. The van der Waals surface area contributed by atoms with Gasteiger partial charge in [0.05, 0.1) is 16.4 Å². The minimum Gasteiger partial charge on any atom is -0.450 e. The third-order valence-electron chi connectivity index (χ3n) is 3.37. The number of nitrogens with one attached hydrogen (secondary N) is 2. The van der Waals surface area contributed by atoms with E-state index < -0.39 is 32.3 Å². The molecule has 1 aliphatic rings. The highest BCUT2D eigenvalue weighted by molar-refractivity contribution is 7.89. The number of hydrogen-bond donors (Lipinski definition) is 2. The van der Waals surface area contributed by atoms with Gasteiger partial charge in [0, 0.05) is 11.6 Å². The molecule has 0 unspecified atom stereocenters. The molecule has 0 spiro atoms. The zero-order chi connectivity index (χ0) is 17.3. The predicted molar refractivity (Wildman–Crippen MR) is 81.7 cm³/mol. The van der Waals surface area contributed by atoms with E-state index in [4.69, 9.17) is 0 Å². The quantitative estimate of drug-likeness (QED) is 0.600. The monoisotopic (exact) mass is 343 g/mol. The maximum atomic E-state index is 12.3. The third kappa shape index (κ3) is 4.17. The second kappa shape index (κ2) is 6.13. The van der Waals surface area contributed by atoms with Crippen molar-refractivity contribution in [1.82, 2.24) is 4.72 Å². The molecule has 1 fully saturated rings. The topological polar surface area (TPSA) is 128 Å². The summed E-state index contributed by atoms with van der Waals surface area (Å²) in [5.74, 6) is 0. The van der Waals surface area contributed by atoms with Crippen LogP contribution < -0.4 is 10.0 Å². The first-order valence-electron chi connectivity index (χ1n) is 6.93. The van der Waals surface area contributed by atoms with Gasteiger partial charge < -0.3 is 4.74 Å². The van der Waals surface area contributed by atoms with Gasteiger partial charge in [-0.25, -0.2) is 17.9 Å². The molecule has 0 atom stereocenters. The van der Waals surface area contributed by atoms with Crippen LogP contribution in [0.4, 0.5) is 16.2 Å². The lowest BCUT2D eigenvalue weighted by atomic mass is 10.2. The van der Waals surface area contributed by atoms with Gasteiger partial charge in [-0.3, -0.25) is 15.4 Å².